The van der Waals surface area contributed by atoms with Crippen LogP contribution in [0.5, 0.6) is 0 Å². The highest BCUT2D eigenvalue weighted by molar-refractivity contribution is 7.89. The number of imidazole rings is 1. The van der Waals surface area contributed by atoms with Crippen LogP contribution in [0.2, 0.25) is 0 Å². The van der Waals surface area contributed by atoms with Crippen molar-refractivity contribution in [3.63, 3.8) is 0 Å². The normalized spacial score (nSPS) is 16.4. The lowest BCUT2D eigenvalue weighted by atomic mass is 10.0. The summed E-state index contributed by atoms with van der Waals surface area (Å²) in [7, 11) is -3.60. The van der Waals surface area contributed by atoms with E-state index in [2.05, 4.69) is 9.71 Å². The van der Waals surface area contributed by atoms with Crippen LogP contribution in [0, 0.1) is 0 Å². The van der Waals surface area contributed by atoms with E-state index in [9.17, 15) is 18.0 Å². The molecule has 1 fully saturated rings. The Morgan fingerprint density at radius 3 is 2.44 bits per heavy atom. The lowest BCUT2D eigenvalue weighted by Crippen LogP contribution is -2.40. The number of aromatic amines is 1. The summed E-state index contributed by atoms with van der Waals surface area (Å²) in [5.41, 5.74) is 2.02. The molecule has 1 aromatic heterocycles. The van der Waals surface area contributed by atoms with E-state index in [-0.39, 0.29) is 28.6 Å². The van der Waals surface area contributed by atoms with Crippen molar-refractivity contribution in [2.75, 3.05) is 13.1 Å². The molecule has 4 rings (SSSR count). The molecule has 9 heteroatoms. The van der Waals surface area contributed by atoms with Crippen LogP contribution < -0.4 is 10.4 Å². The molecule has 1 amide bonds. The first-order valence-corrected chi connectivity index (χ1v) is 12.4. The number of H-pyrrole nitrogens is 1. The van der Waals surface area contributed by atoms with Gasteiger partial charge in [0.1, 0.15) is 0 Å². The number of benzene rings is 2. The highest BCUT2D eigenvalue weighted by atomic mass is 32.2. The molecule has 1 aliphatic heterocycles. The number of para-hydroxylation sites is 2. The predicted molar refractivity (Wildman–Crippen MR) is 123 cm³/mol. The molecule has 1 atom stereocenters. The molecule has 1 saturated heterocycles. The van der Waals surface area contributed by atoms with Crippen LogP contribution in [0.3, 0.4) is 0 Å². The Morgan fingerprint density at radius 2 is 1.78 bits per heavy atom. The molecule has 1 aliphatic rings. The topological polar surface area (TPSA) is 104 Å². The molecule has 8 nitrogen and oxygen atoms in total. The summed E-state index contributed by atoms with van der Waals surface area (Å²) in [6.45, 7) is 4.78. The van der Waals surface area contributed by atoms with Crippen LogP contribution in [-0.4, -0.2) is 47.9 Å². The minimum atomic E-state index is -3.60. The average molecular weight is 457 g/mol. The van der Waals surface area contributed by atoms with Crippen LogP contribution in [-0.2, 0) is 10.0 Å². The number of carbonyl (C=O) groups is 1. The van der Waals surface area contributed by atoms with Crippen molar-refractivity contribution in [2.24, 2.45) is 0 Å². The molecule has 2 N–H and O–H groups in total. The maximum Gasteiger partial charge on any atom is 0.326 e. The Kier molecular flexibility index (Phi) is 6.21. The number of nitrogens with one attached hydrogen (secondary N) is 2. The number of nitrogens with zero attached hydrogens (tertiary/aromatic N) is 2. The highest BCUT2D eigenvalue weighted by Gasteiger charge is 2.27. The second-order valence-corrected chi connectivity index (χ2v) is 10.0. The molecule has 3 aromatic rings. The molecule has 2 aromatic carbocycles. The first kappa shape index (κ1) is 22.3. The number of likely N-dealkylation sites (tertiary alicyclic amines) is 1. The van der Waals surface area contributed by atoms with Gasteiger partial charge in [0.05, 0.1) is 15.9 Å². The predicted octanol–water partition coefficient (Wildman–Crippen LogP) is 2.88. The van der Waals surface area contributed by atoms with Crippen molar-refractivity contribution in [3.8, 4) is 0 Å². The third-order valence-corrected chi connectivity index (χ3v) is 7.73. The first-order valence-electron chi connectivity index (χ1n) is 10.9. The summed E-state index contributed by atoms with van der Waals surface area (Å²) >= 11 is 0. The molecule has 0 bridgehead atoms. The van der Waals surface area contributed by atoms with Crippen LogP contribution in [0.25, 0.3) is 11.0 Å². The molecule has 32 heavy (non-hydrogen) atoms. The Balaban J connectivity index is 1.43. The molecular weight excluding hydrogens is 428 g/mol. The second kappa shape index (κ2) is 8.91. The van der Waals surface area contributed by atoms with E-state index in [1.807, 2.05) is 38.1 Å². The number of hydrogen-bond donors (Lipinski definition) is 2. The number of aromatic nitrogens is 2. The van der Waals surface area contributed by atoms with Crippen LogP contribution >= 0.6 is 0 Å². The average Bonchev–Trinajstić information content (AvgIpc) is 3.14. The van der Waals surface area contributed by atoms with Gasteiger partial charge in [-0.2, -0.15) is 0 Å². The van der Waals surface area contributed by atoms with E-state index in [1.54, 1.807) is 21.6 Å². The van der Waals surface area contributed by atoms with Crippen LogP contribution in [0.15, 0.2) is 58.2 Å². The molecule has 170 valence electrons. The van der Waals surface area contributed by atoms with E-state index >= 15 is 0 Å². The lowest BCUT2D eigenvalue weighted by molar-refractivity contribution is 0.0695. The zero-order chi connectivity index (χ0) is 22.9. The quantitative estimate of drug-likeness (QED) is 0.595. The van der Waals surface area contributed by atoms with Gasteiger partial charge in [-0.1, -0.05) is 19.1 Å². The van der Waals surface area contributed by atoms with Crippen molar-refractivity contribution in [1.29, 1.82) is 0 Å². The Hall–Kier alpha value is -2.91. The van der Waals surface area contributed by atoms with Gasteiger partial charge in [0, 0.05) is 30.7 Å². The minimum absolute atomic E-state index is 0.0295. The largest absolute Gasteiger partial charge is 0.338 e. The summed E-state index contributed by atoms with van der Waals surface area (Å²) in [6.07, 6.45) is 2.05. The summed E-state index contributed by atoms with van der Waals surface area (Å²) in [4.78, 5) is 30.2. The third kappa shape index (κ3) is 4.35. The number of fused-ring (bicyclic) bond motifs is 1. The van der Waals surface area contributed by atoms with Gasteiger partial charge in [-0.05, 0) is 62.6 Å². The van der Waals surface area contributed by atoms with Crippen molar-refractivity contribution >= 4 is 27.0 Å². The van der Waals surface area contributed by atoms with Crippen molar-refractivity contribution in [1.82, 2.24) is 19.2 Å². The van der Waals surface area contributed by atoms with Gasteiger partial charge < -0.3 is 9.88 Å². The Bertz CT molecular complexity index is 1270. The number of hydrogen-bond acceptors (Lipinski definition) is 4. The van der Waals surface area contributed by atoms with Gasteiger partial charge in [0.2, 0.25) is 10.0 Å². The maximum absolute atomic E-state index is 12.9. The highest BCUT2D eigenvalue weighted by Crippen LogP contribution is 2.26. The molecular formula is C23H28N4O4S. The number of piperidine rings is 1. The van der Waals surface area contributed by atoms with Gasteiger partial charge in [-0.15, -0.1) is 0 Å². The number of sulfonamides is 1. The fourth-order valence-corrected chi connectivity index (χ4v) is 5.47. The molecule has 0 spiro atoms. The van der Waals surface area contributed by atoms with Gasteiger partial charge in [-0.25, -0.2) is 17.9 Å². The van der Waals surface area contributed by atoms with Gasteiger partial charge in [0.15, 0.2) is 0 Å². The number of amides is 1. The fraction of sp³-hybridized carbons (Fsp3) is 0.391. The molecule has 0 aliphatic carbocycles. The second-order valence-electron chi connectivity index (χ2n) is 8.30. The summed E-state index contributed by atoms with van der Waals surface area (Å²) in [5, 5.41) is 0. The van der Waals surface area contributed by atoms with E-state index in [1.165, 1.54) is 12.1 Å². The zero-order valence-electron chi connectivity index (χ0n) is 18.2. The number of rotatable bonds is 6. The summed E-state index contributed by atoms with van der Waals surface area (Å²) in [6, 6.07) is 13.5. The van der Waals surface area contributed by atoms with Gasteiger partial charge in [0.25, 0.3) is 5.91 Å². The monoisotopic (exact) mass is 456 g/mol. The van der Waals surface area contributed by atoms with Crippen molar-refractivity contribution in [3.05, 3.63) is 64.6 Å². The van der Waals surface area contributed by atoms with Crippen molar-refractivity contribution in [2.45, 2.75) is 50.1 Å². The molecule has 0 saturated carbocycles. The Labute approximate surface area is 187 Å². The van der Waals surface area contributed by atoms with E-state index in [0.29, 0.717) is 37.9 Å². The van der Waals surface area contributed by atoms with Crippen molar-refractivity contribution < 1.29 is 13.2 Å². The van der Waals surface area contributed by atoms with E-state index in [0.717, 1.165) is 11.0 Å². The number of carbonyl (C=O) groups excluding carboxylic acids is 1. The standard InChI is InChI=1S/C23H28N4O4S/c1-3-16(2)25-32(30,31)19-10-8-17(9-11-19)22(28)26-14-12-18(13-15-26)27-21-7-5-4-6-20(21)24-23(27)29/h4-11,16,18,25H,3,12-15H2,1-2H3,(H,24,29). The van der Waals surface area contributed by atoms with Gasteiger partial charge in [-0.3, -0.25) is 9.36 Å². The fourth-order valence-electron chi connectivity index (χ4n) is 4.14. The summed E-state index contributed by atoms with van der Waals surface area (Å²) in [5.74, 6) is -0.131. The smallest absolute Gasteiger partial charge is 0.326 e. The first-order chi connectivity index (χ1) is 15.3. The summed E-state index contributed by atoms with van der Waals surface area (Å²) < 4.78 is 29.2. The van der Waals surface area contributed by atoms with Crippen LogP contribution in [0.1, 0.15) is 49.5 Å². The molecule has 0 radical (unpaired) electrons. The SMILES string of the molecule is CCC(C)NS(=O)(=O)c1ccc(C(=O)N2CCC(n3c(=O)[nH]c4ccccc43)CC2)cc1. The van der Waals surface area contributed by atoms with Gasteiger partial charge >= 0.3 is 5.69 Å². The third-order valence-electron chi connectivity index (χ3n) is 6.12. The van der Waals surface area contributed by atoms with Crippen LogP contribution in [0.4, 0.5) is 0 Å². The minimum Gasteiger partial charge on any atom is -0.338 e. The molecule has 2 heterocycles. The molecule has 1 unspecified atom stereocenters. The zero-order valence-corrected chi connectivity index (χ0v) is 19.1. The van der Waals surface area contributed by atoms with E-state index < -0.39 is 10.0 Å². The maximum atomic E-state index is 12.9. The Morgan fingerprint density at radius 1 is 1.12 bits per heavy atom. The lowest BCUT2D eigenvalue weighted by Gasteiger charge is -2.32. The van der Waals surface area contributed by atoms with E-state index in [4.69, 9.17) is 0 Å².